The molecule has 124 valence electrons. The van der Waals surface area contributed by atoms with Gasteiger partial charge in [-0.3, -0.25) is 4.98 Å². The summed E-state index contributed by atoms with van der Waals surface area (Å²) in [7, 11) is 2.14. The summed E-state index contributed by atoms with van der Waals surface area (Å²) >= 11 is 0. The minimum atomic E-state index is 1.00. The van der Waals surface area contributed by atoms with E-state index in [1.165, 1.54) is 32.9 Å². The summed E-state index contributed by atoms with van der Waals surface area (Å²) in [6, 6.07) is 29.9. The Kier molecular flexibility index (Phi) is 3.36. The molecular formula is C24H18N2. The Morgan fingerprint density at radius 3 is 2.27 bits per heavy atom. The molecule has 0 atom stereocenters. The molecule has 0 unspecified atom stereocenters. The number of para-hydroxylation sites is 1. The maximum atomic E-state index is 4.47. The van der Waals surface area contributed by atoms with E-state index in [1.807, 2.05) is 24.4 Å². The lowest BCUT2D eigenvalue weighted by molar-refractivity contribution is 1.01. The first-order chi connectivity index (χ1) is 12.8. The lowest BCUT2D eigenvalue weighted by Crippen LogP contribution is -1.87. The molecule has 0 spiro atoms. The molecule has 0 amide bonds. The van der Waals surface area contributed by atoms with Crippen LogP contribution in [-0.4, -0.2) is 9.55 Å². The van der Waals surface area contributed by atoms with Gasteiger partial charge in [0.15, 0.2) is 0 Å². The summed E-state index contributed by atoms with van der Waals surface area (Å²) in [5.41, 5.74) is 7.09. The molecule has 0 aliphatic carbocycles. The highest BCUT2D eigenvalue weighted by atomic mass is 14.9. The van der Waals surface area contributed by atoms with Crippen LogP contribution < -0.4 is 0 Å². The summed E-state index contributed by atoms with van der Waals surface area (Å²) in [6.07, 6.45) is 1.84. The summed E-state index contributed by atoms with van der Waals surface area (Å²) in [5.74, 6) is 0. The predicted octanol–water partition coefficient (Wildman–Crippen LogP) is 6.06. The van der Waals surface area contributed by atoms with Crippen molar-refractivity contribution >= 4 is 21.8 Å². The van der Waals surface area contributed by atoms with E-state index in [4.69, 9.17) is 0 Å². The molecular weight excluding hydrogens is 316 g/mol. The second-order valence-electron chi connectivity index (χ2n) is 6.60. The fraction of sp³-hybridized carbons (Fsp3) is 0.0417. The first-order valence-electron chi connectivity index (χ1n) is 8.80. The number of aromatic nitrogens is 2. The largest absolute Gasteiger partial charge is 0.344 e. The van der Waals surface area contributed by atoms with Crippen LogP contribution in [-0.2, 0) is 7.05 Å². The van der Waals surface area contributed by atoms with E-state index in [0.717, 1.165) is 11.3 Å². The third-order valence-electron chi connectivity index (χ3n) is 5.07. The number of fused-ring (bicyclic) bond motifs is 3. The predicted molar refractivity (Wildman–Crippen MR) is 109 cm³/mol. The van der Waals surface area contributed by atoms with Crippen LogP contribution >= 0.6 is 0 Å². The summed E-state index contributed by atoms with van der Waals surface area (Å²) in [4.78, 5) is 4.47. The van der Waals surface area contributed by atoms with Crippen molar-refractivity contribution in [2.24, 2.45) is 7.05 Å². The van der Waals surface area contributed by atoms with Crippen LogP contribution in [0.1, 0.15) is 0 Å². The Bertz CT molecular complexity index is 1230. The van der Waals surface area contributed by atoms with Gasteiger partial charge in [-0.2, -0.15) is 0 Å². The highest BCUT2D eigenvalue weighted by molar-refractivity contribution is 6.08. The molecule has 26 heavy (non-hydrogen) atoms. The van der Waals surface area contributed by atoms with Crippen molar-refractivity contribution in [2.75, 3.05) is 0 Å². The summed E-state index contributed by atoms with van der Waals surface area (Å²) in [6.45, 7) is 0. The van der Waals surface area contributed by atoms with E-state index in [-0.39, 0.29) is 0 Å². The molecule has 2 heteroatoms. The van der Waals surface area contributed by atoms with Crippen LogP contribution in [0.15, 0.2) is 91.1 Å². The molecule has 0 bridgehead atoms. The molecule has 3 aromatic carbocycles. The van der Waals surface area contributed by atoms with E-state index in [9.17, 15) is 0 Å². The Labute approximate surface area is 152 Å². The molecule has 2 heterocycles. The van der Waals surface area contributed by atoms with Gasteiger partial charge in [0.2, 0.25) is 0 Å². The Hall–Kier alpha value is -3.39. The molecule has 2 nitrogen and oxygen atoms in total. The fourth-order valence-corrected chi connectivity index (χ4v) is 3.73. The van der Waals surface area contributed by atoms with Gasteiger partial charge in [-0.05, 0) is 41.5 Å². The average Bonchev–Trinajstić information content (AvgIpc) is 3.01. The van der Waals surface area contributed by atoms with Gasteiger partial charge in [0, 0.05) is 40.6 Å². The molecule has 0 saturated carbocycles. The molecule has 0 saturated heterocycles. The van der Waals surface area contributed by atoms with Gasteiger partial charge in [-0.1, -0.05) is 54.6 Å². The van der Waals surface area contributed by atoms with E-state index < -0.39 is 0 Å². The fourth-order valence-electron chi connectivity index (χ4n) is 3.73. The van der Waals surface area contributed by atoms with Crippen molar-refractivity contribution < 1.29 is 0 Å². The highest BCUT2D eigenvalue weighted by Crippen LogP contribution is 2.32. The molecule has 5 aromatic rings. The lowest BCUT2D eigenvalue weighted by atomic mass is 10.00. The molecule has 0 fully saturated rings. The Morgan fingerprint density at radius 2 is 1.38 bits per heavy atom. The molecule has 0 radical (unpaired) electrons. The van der Waals surface area contributed by atoms with Crippen LogP contribution in [0, 0.1) is 0 Å². The summed E-state index contributed by atoms with van der Waals surface area (Å²) < 4.78 is 2.27. The van der Waals surface area contributed by atoms with E-state index >= 15 is 0 Å². The third-order valence-corrected chi connectivity index (χ3v) is 5.07. The van der Waals surface area contributed by atoms with Crippen molar-refractivity contribution in [1.29, 1.82) is 0 Å². The zero-order valence-electron chi connectivity index (χ0n) is 14.6. The normalized spacial score (nSPS) is 11.3. The molecule has 2 aromatic heterocycles. The van der Waals surface area contributed by atoms with Gasteiger partial charge >= 0.3 is 0 Å². The number of aryl methyl sites for hydroxylation is 1. The summed E-state index contributed by atoms with van der Waals surface area (Å²) in [5, 5.41) is 2.60. The number of hydrogen-bond donors (Lipinski definition) is 0. The Balaban J connectivity index is 1.68. The molecule has 0 N–H and O–H groups in total. The van der Waals surface area contributed by atoms with Crippen LogP contribution in [0.4, 0.5) is 0 Å². The van der Waals surface area contributed by atoms with Gasteiger partial charge in [0.05, 0.1) is 5.69 Å². The number of rotatable bonds is 2. The minimum absolute atomic E-state index is 1.00. The minimum Gasteiger partial charge on any atom is -0.344 e. The van der Waals surface area contributed by atoms with Crippen LogP contribution in [0.2, 0.25) is 0 Å². The number of hydrogen-bond acceptors (Lipinski definition) is 1. The van der Waals surface area contributed by atoms with Crippen LogP contribution in [0.3, 0.4) is 0 Å². The van der Waals surface area contributed by atoms with Crippen LogP contribution in [0.5, 0.6) is 0 Å². The molecule has 0 aliphatic rings. The second-order valence-corrected chi connectivity index (χ2v) is 6.60. The van der Waals surface area contributed by atoms with Gasteiger partial charge in [0.25, 0.3) is 0 Å². The van der Waals surface area contributed by atoms with E-state index in [1.54, 1.807) is 0 Å². The monoisotopic (exact) mass is 334 g/mol. The average molecular weight is 334 g/mol. The molecule has 0 aliphatic heterocycles. The second kappa shape index (κ2) is 5.85. The van der Waals surface area contributed by atoms with Gasteiger partial charge in [0.1, 0.15) is 0 Å². The smallest absolute Gasteiger partial charge is 0.0702 e. The maximum Gasteiger partial charge on any atom is 0.0702 e. The van der Waals surface area contributed by atoms with Gasteiger partial charge in [-0.15, -0.1) is 0 Å². The van der Waals surface area contributed by atoms with Gasteiger partial charge in [-0.25, -0.2) is 0 Å². The van der Waals surface area contributed by atoms with Crippen LogP contribution in [0.25, 0.3) is 44.2 Å². The Morgan fingerprint density at radius 1 is 0.615 bits per heavy atom. The maximum absolute atomic E-state index is 4.47. The first-order valence-corrected chi connectivity index (χ1v) is 8.80. The van der Waals surface area contributed by atoms with E-state index in [0.29, 0.717) is 0 Å². The quantitative estimate of drug-likeness (QED) is 0.383. The standard InChI is InChI=1S/C24H18N2/c1-26-23-11-3-2-9-20(23)21-13-12-18(16-24(21)26)17-7-6-8-19(15-17)22-10-4-5-14-25-22/h2-16H,1H3. The first kappa shape index (κ1) is 14.9. The van der Waals surface area contributed by atoms with Crippen molar-refractivity contribution in [1.82, 2.24) is 9.55 Å². The third kappa shape index (κ3) is 2.31. The topological polar surface area (TPSA) is 17.8 Å². The zero-order chi connectivity index (χ0) is 17.5. The number of pyridine rings is 1. The molecule has 5 rings (SSSR count). The SMILES string of the molecule is Cn1c2ccccc2c2ccc(-c3cccc(-c4ccccn4)c3)cc21. The van der Waals surface area contributed by atoms with E-state index in [2.05, 4.69) is 83.3 Å². The highest BCUT2D eigenvalue weighted by Gasteiger charge is 2.09. The number of nitrogens with zero attached hydrogens (tertiary/aromatic N) is 2. The lowest BCUT2D eigenvalue weighted by Gasteiger charge is -2.07. The van der Waals surface area contributed by atoms with Gasteiger partial charge < -0.3 is 4.57 Å². The van der Waals surface area contributed by atoms with Crippen molar-refractivity contribution in [3.05, 3.63) is 91.1 Å². The number of benzene rings is 3. The van der Waals surface area contributed by atoms with Crippen molar-refractivity contribution in [3.63, 3.8) is 0 Å². The van der Waals surface area contributed by atoms with Crippen molar-refractivity contribution in [3.8, 4) is 22.4 Å². The van der Waals surface area contributed by atoms with Crippen molar-refractivity contribution in [2.45, 2.75) is 0 Å². The zero-order valence-corrected chi connectivity index (χ0v) is 14.6.